The van der Waals surface area contributed by atoms with Gasteiger partial charge in [-0.3, -0.25) is 9.58 Å². The molecular formula is C11H18IN3O. The first kappa shape index (κ1) is 12.3. The summed E-state index contributed by atoms with van der Waals surface area (Å²) in [5.74, 6) is 0.458. The number of halogens is 1. The Morgan fingerprint density at radius 1 is 1.62 bits per heavy atom. The van der Waals surface area contributed by atoms with Gasteiger partial charge < -0.3 is 5.11 Å². The lowest BCUT2D eigenvalue weighted by Crippen LogP contribution is -2.36. The van der Waals surface area contributed by atoms with E-state index < -0.39 is 0 Å². The number of hydrogen-bond acceptors (Lipinski definition) is 3. The summed E-state index contributed by atoms with van der Waals surface area (Å²) in [6.07, 6.45) is 4.26. The van der Waals surface area contributed by atoms with Gasteiger partial charge in [-0.05, 0) is 47.9 Å². The summed E-state index contributed by atoms with van der Waals surface area (Å²) in [6.45, 7) is 3.42. The molecule has 0 aliphatic carbocycles. The average molecular weight is 335 g/mol. The van der Waals surface area contributed by atoms with Crippen molar-refractivity contribution in [1.82, 2.24) is 14.7 Å². The van der Waals surface area contributed by atoms with Gasteiger partial charge in [0.15, 0.2) is 0 Å². The molecule has 1 aliphatic heterocycles. The lowest BCUT2D eigenvalue weighted by molar-refractivity contribution is 0.114. The molecule has 0 aromatic carbocycles. The van der Waals surface area contributed by atoms with Crippen LogP contribution >= 0.6 is 22.6 Å². The largest absolute Gasteiger partial charge is 0.396 e. The number of aliphatic hydroxyl groups excluding tert-OH is 1. The van der Waals surface area contributed by atoms with Crippen molar-refractivity contribution in [2.24, 2.45) is 13.0 Å². The van der Waals surface area contributed by atoms with E-state index in [4.69, 9.17) is 0 Å². The summed E-state index contributed by atoms with van der Waals surface area (Å²) in [6, 6.07) is 0. The minimum Gasteiger partial charge on any atom is -0.396 e. The zero-order valence-electron chi connectivity index (χ0n) is 9.56. The molecular weight excluding hydrogens is 317 g/mol. The third-order valence-electron chi connectivity index (χ3n) is 3.25. The summed E-state index contributed by atoms with van der Waals surface area (Å²) in [5, 5.41) is 13.5. The number of rotatable bonds is 3. The Morgan fingerprint density at radius 3 is 3.06 bits per heavy atom. The van der Waals surface area contributed by atoms with E-state index in [0.29, 0.717) is 12.5 Å². The average Bonchev–Trinajstić information content (AvgIpc) is 2.61. The monoisotopic (exact) mass is 335 g/mol. The van der Waals surface area contributed by atoms with Crippen LogP contribution in [0.5, 0.6) is 0 Å². The van der Waals surface area contributed by atoms with Gasteiger partial charge in [0.1, 0.15) is 0 Å². The minimum absolute atomic E-state index is 0.318. The molecule has 0 amide bonds. The fourth-order valence-electron chi connectivity index (χ4n) is 2.27. The van der Waals surface area contributed by atoms with Crippen LogP contribution in [0.4, 0.5) is 0 Å². The molecule has 2 rings (SSSR count). The Balaban J connectivity index is 1.99. The fourth-order valence-corrected chi connectivity index (χ4v) is 2.91. The van der Waals surface area contributed by atoms with E-state index in [1.807, 2.05) is 17.9 Å². The molecule has 1 saturated heterocycles. The molecule has 0 saturated carbocycles. The molecule has 1 aromatic heterocycles. The van der Waals surface area contributed by atoms with E-state index in [1.165, 1.54) is 15.7 Å². The standard InChI is InChI=1S/C11H18IN3O/c1-14-11(10(12)5-13-14)7-15-4-2-3-9(6-15)8-16/h5,9,16H,2-4,6-8H2,1H3/t9-/m1/s1. The Bertz CT molecular complexity index is 333. The number of aliphatic hydroxyl groups is 1. The van der Waals surface area contributed by atoms with E-state index in [2.05, 4.69) is 32.6 Å². The van der Waals surface area contributed by atoms with Gasteiger partial charge in [-0.1, -0.05) is 0 Å². The normalized spacial score (nSPS) is 22.6. The zero-order valence-corrected chi connectivity index (χ0v) is 11.7. The van der Waals surface area contributed by atoms with E-state index in [0.717, 1.165) is 26.1 Å². The van der Waals surface area contributed by atoms with Gasteiger partial charge in [0.2, 0.25) is 0 Å². The van der Waals surface area contributed by atoms with Gasteiger partial charge in [-0.15, -0.1) is 0 Å². The van der Waals surface area contributed by atoms with Crippen LogP contribution in [-0.2, 0) is 13.6 Å². The Kier molecular flexibility index (Phi) is 4.21. The van der Waals surface area contributed by atoms with Crippen LogP contribution in [0.1, 0.15) is 18.5 Å². The van der Waals surface area contributed by atoms with Crippen LogP contribution in [0, 0.1) is 9.49 Å². The molecule has 1 atom stereocenters. The summed E-state index contributed by atoms with van der Waals surface area (Å²) in [7, 11) is 1.99. The molecule has 4 nitrogen and oxygen atoms in total. The third kappa shape index (κ3) is 2.75. The van der Waals surface area contributed by atoms with Crippen molar-refractivity contribution in [3.05, 3.63) is 15.5 Å². The van der Waals surface area contributed by atoms with Gasteiger partial charge in [-0.2, -0.15) is 5.10 Å². The van der Waals surface area contributed by atoms with E-state index in [-0.39, 0.29) is 0 Å². The van der Waals surface area contributed by atoms with Crippen molar-refractivity contribution in [2.45, 2.75) is 19.4 Å². The molecule has 0 unspecified atom stereocenters. The van der Waals surface area contributed by atoms with Crippen LogP contribution in [0.25, 0.3) is 0 Å². The number of nitrogens with zero attached hydrogens (tertiary/aromatic N) is 3. The topological polar surface area (TPSA) is 41.3 Å². The third-order valence-corrected chi connectivity index (χ3v) is 4.15. The van der Waals surface area contributed by atoms with Crippen LogP contribution in [-0.4, -0.2) is 39.5 Å². The number of piperidine rings is 1. The summed E-state index contributed by atoms with van der Waals surface area (Å²) < 4.78 is 3.18. The molecule has 1 aliphatic rings. The molecule has 2 heterocycles. The van der Waals surface area contributed by atoms with Crippen LogP contribution in [0.3, 0.4) is 0 Å². The molecule has 0 bridgehead atoms. The Labute approximate surface area is 110 Å². The van der Waals surface area contributed by atoms with Crippen molar-refractivity contribution in [2.75, 3.05) is 19.7 Å². The van der Waals surface area contributed by atoms with Crippen LogP contribution in [0.15, 0.2) is 6.20 Å². The highest BCUT2D eigenvalue weighted by molar-refractivity contribution is 14.1. The second kappa shape index (κ2) is 5.46. The molecule has 0 spiro atoms. The number of aryl methyl sites for hydroxylation is 1. The lowest BCUT2D eigenvalue weighted by Gasteiger charge is -2.31. The highest BCUT2D eigenvalue weighted by atomic mass is 127. The van der Waals surface area contributed by atoms with Crippen LogP contribution < -0.4 is 0 Å². The van der Waals surface area contributed by atoms with Gasteiger partial charge >= 0.3 is 0 Å². The first-order chi connectivity index (χ1) is 7.70. The summed E-state index contributed by atoms with van der Waals surface area (Å²) >= 11 is 2.33. The summed E-state index contributed by atoms with van der Waals surface area (Å²) in [4.78, 5) is 2.42. The molecule has 1 N–H and O–H groups in total. The van der Waals surface area contributed by atoms with Gasteiger partial charge in [0, 0.05) is 26.7 Å². The van der Waals surface area contributed by atoms with Crippen molar-refractivity contribution in [3.8, 4) is 0 Å². The number of hydrogen-bond donors (Lipinski definition) is 1. The summed E-state index contributed by atoms with van der Waals surface area (Å²) in [5.41, 5.74) is 1.28. The fraction of sp³-hybridized carbons (Fsp3) is 0.727. The molecule has 1 fully saturated rings. The Hall–Kier alpha value is -0.140. The maximum Gasteiger partial charge on any atom is 0.0654 e. The zero-order chi connectivity index (χ0) is 11.5. The molecule has 1 aromatic rings. The quantitative estimate of drug-likeness (QED) is 0.845. The number of aromatic nitrogens is 2. The Morgan fingerprint density at radius 2 is 2.44 bits per heavy atom. The highest BCUT2D eigenvalue weighted by Gasteiger charge is 2.20. The number of likely N-dealkylation sites (tertiary alicyclic amines) is 1. The maximum absolute atomic E-state index is 9.20. The van der Waals surface area contributed by atoms with Crippen molar-refractivity contribution < 1.29 is 5.11 Å². The molecule has 90 valence electrons. The van der Waals surface area contributed by atoms with E-state index in [1.54, 1.807) is 0 Å². The predicted molar refractivity (Wildman–Crippen MR) is 71.0 cm³/mol. The minimum atomic E-state index is 0.318. The predicted octanol–water partition coefficient (Wildman–Crippen LogP) is 1.23. The SMILES string of the molecule is Cn1ncc(I)c1CN1CCC[C@@H](CO)C1. The highest BCUT2D eigenvalue weighted by Crippen LogP contribution is 2.19. The molecule has 0 radical (unpaired) electrons. The van der Waals surface area contributed by atoms with E-state index in [9.17, 15) is 5.11 Å². The lowest BCUT2D eigenvalue weighted by atomic mass is 9.99. The molecule has 5 heteroatoms. The van der Waals surface area contributed by atoms with Crippen molar-refractivity contribution >= 4 is 22.6 Å². The van der Waals surface area contributed by atoms with Crippen molar-refractivity contribution in [1.29, 1.82) is 0 Å². The smallest absolute Gasteiger partial charge is 0.0654 e. The van der Waals surface area contributed by atoms with E-state index >= 15 is 0 Å². The second-order valence-electron chi connectivity index (χ2n) is 4.49. The molecule has 16 heavy (non-hydrogen) atoms. The van der Waals surface area contributed by atoms with Gasteiger partial charge in [0.25, 0.3) is 0 Å². The first-order valence-electron chi connectivity index (χ1n) is 5.70. The first-order valence-corrected chi connectivity index (χ1v) is 6.78. The van der Waals surface area contributed by atoms with Gasteiger partial charge in [0.05, 0.1) is 15.5 Å². The maximum atomic E-state index is 9.20. The van der Waals surface area contributed by atoms with Gasteiger partial charge in [-0.25, -0.2) is 0 Å². The second-order valence-corrected chi connectivity index (χ2v) is 5.65. The van der Waals surface area contributed by atoms with Crippen molar-refractivity contribution in [3.63, 3.8) is 0 Å². The van der Waals surface area contributed by atoms with Crippen LogP contribution in [0.2, 0.25) is 0 Å².